The quantitative estimate of drug-likeness (QED) is 0.321. The molecule has 0 saturated carbocycles. The lowest BCUT2D eigenvalue weighted by molar-refractivity contribution is -0.118. The zero-order valence-corrected chi connectivity index (χ0v) is 18.2. The number of nitrogens with one attached hydrogen (secondary N) is 1. The number of para-hydroxylation sites is 1. The molecule has 0 unspecified atom stereocenters. The molecule has 2 aromatic carbocycles. The number of carbonyl (C=O) groups is 1. The summed E-state index contributed by atoms with van der Waals surface area (Å²) in [6.45, 7) is 7.90. The first-order valence-electron chi connectivity index (χ1n) is 9.90. The summed E-state index contributed by atoms with van der Waals surface area (Å²) in [7, 11) is 0. The predicted molar refractivity (Wildman–Crippen MR) is 125 cm³/mol. The largest absolute Gasteiger partial charge is 0.507 e. The van der Waals surface area contributed by atoms with Gasteiger partial charge in [-0.25, -0.2) is 10.4 Å². The molecule has 30 heavy (non-hydrogen) atoms. The maximum absolute atomic E-state index is 12.1. The number of amides is 1. The molecule has 156 valence electrons. The Hall–Kier alpha value is -3.06. The molecule has 0 fully saturated rings. The molecular weight excluding hydrogens is 396 g/mol. The smallest absolute Gasteiger partial charge is 0.250 e. The van der Waals surface area contributed by atoms with Gasteiger partial charge in [-0.15, -0.1) is 0 Å². The van der Waals surface area contributed by atoms with Crippen molar-refractivity contribution in [2.75, 3.05) is 23.7 Å². The Morgan fingerprint density at radius 1 is 1.20 bits per heavy atom. The number of benzene rings is 2. The van der Waals surface area contributed by atoms with Crippen LogP contribution in [0.3, 0.4) is 0 Å². The first-order valence-corrected chi connectivity index (χ1v) is 10.9. The number of rotatable bonds is 8. The van der Waals surface area contributed by atoms with Gasteiger partial charge in [0.1, 0.15) is 5.75 Å². The summed E-state index contributed by atoms with van der Waals surface area (Å²) in [5.74, 6) is 0.0976. The SMILES string of the molecule is CCN(CC)c1ccc(C=NNC(=O)CSc2cc(C)c3ccccc3n2)c(O)c1. The summed E-state index contributed by atoms with van der Waals surface area (Å²) < 4.78 is 0. The molecule has 0 atom stereocenters. The minimum atomic E-state index is -0.233. The number of anilines is 1. The highest BCUT2D eigenvalue weighted by molar-refractivity contribution is 7.99. The molecule has 1 aromatic heterocycles. The molecule has 7 heteroatoms. The van der Waals surface area contributed by atoms with Crippen molar-refractivity contribution in [3.63, 3.8) is 0 Å². The number of aromatic hydroxyl groups is 1. The van der Waals surface area contributed by atoms with Crippen molar-refractivity contribution in [3.05, 3.63) is 59.7 Å². The number of hydrogen-bond acceptors (Lipinski definition) is 6. The van der Waals surface area contributed by atoms with Gasteiger partial charge >= 0.3 is 0 Å². The van der Waals surface area contributed by atoms with Crippen molar-refractivity contribution < 1.29 is 9.90 Å². The van der Waals surface area contributed by atoms with Crippen LogP contribution in [0.1, 0.15) is 25.0 Å². The van der Waals surface area contributed by atoms with E-state index in [-0.39, 0.29) is 17.4 Å². The van der Waals surface area contributed by atoms with Gasteiger partial charge in [0.05, 0.1) is 22.5 Å². The van der Waals surface area contributed by atoms with E-state index in [0.717, 1.165) is 40.3 Å². The summed E-state index contributed by atoms with van der Waals surface area (Å²) >= 11 is 1.37. The van der Waals surface area contributed by atoms with E-state index in [0.29, 0.717) is 5.56 Å². The number of hydrazone groups is 1. The molecule has 0 radical (unpaired) electrons. The van der Waals surface area contributed by atoms with Crippen molar-refractivity contribution >= 4 is 40.5 Å². The van der Waals surface area contributed by atoms with Crippen molar-refractivity contribution in [2.45, 2.75) is 25.8 Å². The number of aryl methyl sites for hydroxylation is 1. The lowest BCUT2D eigenvalue weighted by Crippen LogP contribution is -2.21. The fourth-order valence-corrected chi connectivity index (χ4v) is 3.93. The molecule has 3 aromatic rings. The van der Waals surface area contributed by atoms with E-state index in [9.17, 15) is 9.90 Å². The molecule has 2 N–H and O–H groups in total. The third kappa shape index (κ3) is 5.30. The second-order valence-electron chi connectivity index (χ2n) is 6.79. The predicted octanol–water partition coefficient (Wildman–Crippen LogP) is 4.34. The average molecular weight is 423 g/mol. The minimum Gasteiger partial charge on any atom is -0.507 e. The third-order valence-corrected chi connectivity index (χ3v) is 5.70. The number of fused-ring (bicyclic) bond motifs is 1. The molecule has 0 aliphatic rings. The van der Waals surface area contributed by atoms with Crippen LogP contribution < -0.4 is 10.3 Å². The van der Waals surface area contributed by atoms with E-state index in [1.54, 1.807) is 12.1 Å². The molecule has 0 spiro atoms. The van der Waals surface area contributed by atoms with Gasteiger partial charge in [-0.05, 0) is 50.6 Å². The normalized spacial score (nSPS) is 11.2. The molecule has 0 saturated heterocycles. The fraction of sp³-hybridized carbons (Fsp3) is 0.261. The van der Waals surface area contributed by atoms with Crippen LogP contribution in [-0.4, -0.2) is 41.1 Å². The van der Waals surface area contributed by atoms with Crippen LogP contribution in [-0.2, 0) is 4.79 Å². The molecule has 0 bridgehead atoms. The topological polar surface area (TPSA) is 77.8 Å². The molecule has 0 aliphatic carbocycles. The minimum absolute atomic E-state index is 0.127. The van der Waals surface area contributed by atoms with Crippen molar-refractivity contribution in [1.29, 1.82) is 0 Å². The second-order valence-corrected chi connectivity index (χ2v) is 7.79. The van der Waals surface area contributed by atoms with Crippen LogP contribution in [0, 0.1) is 6.92 Å². The maximum atomic E-state index is 12.1. The van der Waals surface area contributed by atoms with Gasteiger partial charge in [0.2, 0.25) is 5.91 Å². The standard InChI is InChI=1S/C23H26N4O2S/c1-4-27(5-2)18-11-10-17(21(28)13-18)14-24-26-22(29)15-30-23-12-16(3)19-8-6-7-9-20(19)25-23/h6-14,28H,4-5,15H2,1-3H3,(H,26,29). The van der Waals surface area contributed by atoms with E-state index in [1.807, 2.05) is 43.3 Å². The maximum Gasteiger partial charge on any atom is 0.250 e. The fourth-order valence-electron chi connectivity index (χ4n) is 3.16. The number of phenolic OH excluding ortho intramolecular Hbond substituents is 1. The molecule has 6 nitrogen and oxygen atoms in total. The molecule has 1 amide bonds. The van der Waals surface area contributed by atoms with Crippen LogP contribution in [0.2, 0.25) is 0 Å². The number of phenols is 1. The zero-order valence-electron chi connectivity index (χ0n) is 17.4. The van der Waals surface area contributed by atoms with Gasteiger partial charge in [0, 0.05) is 35.8 Å². The van der Waals surface area contributed by atoms with Gasteiger partial charge in [-0.3, -0.25) is 4.79 Å². The number of nitrogens with zero attached hydrogens (tertiary/aromatic N) is 3. The Morgan fingerprint density at radius 3 is 2.70 bits per heavy atom. The van der Waals surface area contributed by atoms with Crippen molar-refractivity contribution in [2.24, 2.45) is 5.10 Å². The van der Waals surface area contributed by atoms with E-state index in [1.165, 1.54) is 18.0 Å². The van der Waals surface area contributed by atoms with E-state index >= 15 is 0 Å². The van der Waals surface area contributed by atoms with Gasteiger partial charge in [0.15, 0.2) is 0 Å². The number of carbonyl (C=O) groups excluding carboxylic acids is 1. The lowest BCUT2D eigenvalue weighted by atomic mass is 10.1. The molecular formula is C23H26N4O2S. The summed E-state index contributed by atoms with van der Waals surface area (Å²) in [5, 5.41) is 16.1. The highest BCUT2D eigenvalue weighted by atomic mass is 32.2. The van der Waals surface area contributed by atoms with E-state index < -0.39 is 0 Å². The number of aromatic nitrogens is 1. The van der Waals surface area contributed by atoms with E-state index in [4.69, 9.17) is 0 Å². The Balaban J connectivity index is 1.56. The lowest BCUT2D eigenvalue weighted by Gasteiger charge is -2.21. The van der Waals surface area contributed by atoms with E-state index in [2.05, 4.69) is 34.3 Å². The van der Waals surface area contributed by atoms with Gasteiger partial charge in [-0.1, -0.05) is 30.0 Å². The Morgan fingerprint density at radius 2 is 1.97 bits per heavy atom. The summed E-state index contributed by atoms with van der Waals surface area (Å²) in [4.78, 5) is 18.9. The molecule has 3 rings (SSSR count). The number of thioether (sulfide) groups is 1. The Labute approximate surface area is 181 Å². The zero-order chi connectivity index (χ0) is 21.5. The number of pyridine rings is 1. The summed E-state index contributed by atoms with van der Waals surface area (Å²) in [6, 6.07) is 15.4. The van der Waals surface area contributed by atoms with Crippen LogP contribution in [0.5, 0.6) is 5.75 Å². The monoisotopic (exact) mass is 422 g/mol. The van der Waals surface area contributed by atoms with Crippen LogP contribution in [0.25, 0.3) is 10.9 Å². The van der Waals surface area contributed by atoms with Gasteiger partial charge in [0.25, 0.3) is 0 Å². The second kappa shape index (κ2) is 10.1. The van der Waals surface area contributed by atoms with Gasteiger partial charge in [-0.2, -0.15) is 5.10 Å². The van der Waals surface area contributed by atoms with Crippen molar-refractivity contribution in [1.82, 2.24) is 10.4 Å². The van der Waals surface area contributed by atoms with Crippen LogP contribution >= 0.6 is 11.8 Å². The first-order chi connectivity index (χ1) is 14.5. The average Bonchev–Trinajstić information content (AvgIpc) is 2.74. The Kier molecular flexibility index (Phi) is 7.30. The van der Waals surface area contributed by atoms with Crippen molar-refractivity contribution in [3.8, 4) is 5.75 Å². The third-order valence-electron chi connectivity index (χ3n) is 4.79. The van der Waals surface area contributed by atoms with Crippen LogP contribution in [0.4, 0.5) is 5.69 Å². The molecule has 1 heterocycles. The summed E-state index contributed by atoms with van der Waals surface area (Å²) in [5.41, 5.74) is 6.05. The van der Waals surface area contributed by atoms with Crippen LogP contribution in [0.15, 0.2) is 58.7 Å². The first kappa shape index (κ1) is 21.6. The molecule has 0 aliphatic heterocycles. The number of hydrogen-bond donors (Lipinski definition) is 2. The van der Waals surface area contributed by atoms with Gasteiger partial charge < -0.3 is 10.0 Å². The highest BCUT2D eigenvalue weighted by Gasteiger charge is 2.08. The highest BCUT2D eigenvalue weighted by Crippen LogP contribution is 2.24. The Bertz CT molecular complexity index is 1060. The summed E-state index contributed by atoms with van der Waals surface area (Å²) in [6.07, 6.45) is 1.45.